The van der Waals surface area contributed by atoms with E-state index in [4.69, 9.17) is 12.2 Å². The van der Waals surface area contributed by atoms with Gasteiger partial charge in [-0.05, 0) is 11.6 Å². The molecule has 1 aromatic carbocycles. The predicted molar refractivity (Wildman–Crippen MR) is 65.8 cm³/mol. The maximum Gasteiger partial charge on any atom is 0.154 e. The van der Waals surface area contributed by atoms with Crippen LogP contribution in [0.3, 0.4) is 0 Å². The number of aromatic amines is 1. The van der Waals surface area contributed by atoms with Crippen LogP contribution in [-0.4, -0.2) is 14.6 Å². The molecule has 0 saturated carbocycles. The van der Waals surface area contributed by atoms with E-state index < -0.39 is 0 Å². The average Bonchev–Trinajstić information content (AvgIpc) is 2.76. The summed E-state index contributed by atoms with van der Waals surface area (Å²) in [6.45, 7) is 0. The molecule has 0 fully saturated rings. The third-order valence-electron chi connectivity index (χ3n) is 2.46. The van der Waals surface area contributed by atoms with Gasteiger partial charge in [-0.3, -0.25) is 5.10 Å². The molecule has 3 rings (SSSR count). The second-order valence-electron chi connectivity index (χ2n) is 3.51. The molecule has 0 atom stereocenters. The van der Waals surface area contributed by atoms with Gasteiger partial charge in [-0.2, -0.15) is 0 Å². The molecule has 3 nitrogen and oxygen atoms in total. The Hall–Kier alpha value is -1.94. The van der Waals surface area contributed by atoms with Crippen molar-refractivity contribution in [2.24, 2.45) is 0 Å². The van der Waals surface area contributed by atoms with E-state index in [0.717, 1.165) is 21.5 Å². The highest BCUT2D eigenvalue weighted by atomic mass is 32.1. The number of fused-ring (bicyclic) bond motifs is 1. The van der Waals surface area contributed by atoms with Crippen LogP contribution in [0.25, 0.3) is 16.9 Å². The van der Waals surface area contributed by atoms with Gasteiger partial charge < -0.3 is 0 Å². The van der Waals surface area contributed by atoms with Crippen LogP contribution >= 0.6 is 12.2 Å². The Morgan fingerprint density at radius 1 is 1.12 bits per heavy atom. The van der Waals surface area contributed by atoms with Gasteiger partial charge in [0.15, 0.2) is 5.65 Å². The van der Waals surface area contributed by atoms with E-state index in [-0.39, 0.29) is 0 Å². The summed E-state index contributed by atoms with van der Waals surface area (Å²) in [5.41, 5.74) is 2.99. The zero-order valence-corrected chi connectivity index (χ0v) is 9.24. The third-order valence-corrected chi connectivity index (χ3v) is 2.78. The Kier molecular flexibility index (Phi) is 2.08. The van der Waals surface area contributed by atoms with Gasteiger partial charge in [0.2, 0.25) is 0 Å². The maximum atomic E-state index is 5.21. The van der Waals surface area contributed by atoms with Gasteiger partial charge in [-0.15, -0.1) is 0 Å². The number of nitrogens with one attached hydrogen (secondary N) is 1. The standard InChI is InChI=1S/C12H9N3S/c16-12-6-7-13-11-8-10(14-15(11)12)9-4-2-1-3-5-9/h1-8,14H. The number of rotatable bonds is 1. The number of hydrogen-bond acceptors (Lipinski definition) is 2. The first-order valence-corrected chi connectivity index (χ1v) is 5.38. The molecule has 0 aliphatic carbocycles. The molecule has 0 aliphatic heterocycles. The van der Waals surface area contributed by atoms with E-state index in [1.165, 1.54) is 0 Å². The lowest BCUT2D eigenvalue weighted by Gasteiger charge is -1.95. The molecule has 1 N–H and O–H groups in total. The Bertz CT molecular complexity index is 682. The van der Waals surface area contributed by atoms with Gasteiger partial charge in [0.1, 0.15) is 4.64 Å². The Labute approximate surface area is 97.4 Å². The van der Waals surface area contributed by atoms with E-state index in [1.807, 2.05) is 36.4 Å². The van der Waals surface area contributed by atoms with Crippen molar-refractivity contribution in [3.8, 4) is 11.3 Å². The second kappa shape index (κ2) is 3.57. The van der Waals surface area contributed by atoms with Gasteiger partial charge in [-0.25, -0.2) is 9.50 Å². The smallest absolute Gasteiger partial charge is 0.154 e. The Balaban J connectivity index is 2.28. The van der Waals surface area contributed by atoms with Crippen LogP contribution in [0.15, 0.2) is 48.7 Å². The van der Waals surface area contributed by atoms with Crippen molar-refractivity contribution < 1.29 is 0 Å². The topological polar surface area (TPSA) is 33.1 Å². The average molecular weight is 227 g/mol. The summed E-state index contributed by atoms with van der Waals surface area (Å²) in [7, 11) is 0. The lowest BCUT2D eigenvalue weighted by molar-refractivity contribution is 0.928. The summed E-state index contributed by atoms with van der Waals surface area (Å²) >= 11 is 5.21. The lowest BCUT2D eigenvalue weighted by Crippen LogP contribution is -1.90. The molecule has 0 unspecified atom stereocenters. The second-order valence-corrected chi connectivity index (χ2v) is 3.93. The molecule has 3 aromatic rings. The number of hydrogen-bond donors (Lipinski definition) is 1. The van der Waals surface area contributed by atoms with Crippen molar-refractivity contribution in [1.82, 2.24) is 14.6 Å². The Morgan fingerprint density at radius 3 is 2.69 bits per heavy atom. The molecular weight excluding hydrogens is 218 g/mol. The molecule has 4 heteroatoms. The van der Waals surface area contributed by atoms with Crippen molar-refractivity contribution in [3.05, 3.63) is 53.3 Å². The van der Waals surface area contributed by atoms with Crippen LogP contribution in [0.4, 0.5) is 0 Å². The molecule has 0 amide bonds. The normalized spacial score (nSPS) is 10.8. The molecular formula is C12H9N3S. The molecule has 16 heavy (non-hydrogen) atoms. The molecule has 0 spiro atoms. The predicted octanol–water partition coefficient (Wildman–Crippen LogP) is 3.06. The first-order valence-electron chi connectivity index (χ1n) is 4.97. The maximum absolute atomic E-state index is 5.21. The van der Waals surface area contributed by atoms with Crippen molar-refractivity contribution >= 4 is 17.9 Å². The van der Waals surface area contributed by atoms with Crippen LogP contribution in [0.1, 0.15) is 0 Å². The summed E-state index contributed by atoms with van der Waals surface area (Å²) in [4.78, 5) is 4.25. The summed E-state index contributed by atoms with van der Waals surface area (Å²) < 4.78 is 2.53. The van der Waals surface area contributed by atoms with E-state index >= 15 is 0 Å². The van der Waals surface area contributed by atoms with Crippen LogP contribution in [-0.2, 0) is 0 Å². The molecule has 2 heterocycles. The van der Waals surface area contributed by atoms with Crippen molar-refractivity contribution in [3.63, 3.8) is 0 Å². The molecule has 0 saturated heterocycles. The minimum absolute atomic E-state index is 0.729. The molecule has 0 radical (unpaired) electrons. The molecule has 78 valence electrons. The summed E-state index contributed by atoms with van der Waals surface area (Å²) in [5.74, 6) is 0. The van der Waals surface area contributed by atoms with Gasteiger partial charge in [-0.1, -0.05) is 42.5 Å². The number of benzene rings is 1. The molecule has 2 aromatic heterocycles. The third kappa shape index (κ3) is 1.44. The van der Waals surface area contributed by atoms with Crippen LogP contribution in [0.2, 0.25) is 0 Å². The zero-order chi connectivity index (χ0) is 11.0. The number of aromatic nitrogens is 3. The van der Waals surface area contributed by atoms with E-state index in [9.17, 15) is 0 Å². The quantitative estimate of drug-likeness (QED) is 0.648. The summed E-state index contributed by atoms with van der Waals surface area (Å²) in [6.07, 6.45) is 1.72. The highest BCUT2D eigenvalue weighted by Crippen LogP contribution is 2.18. The minimum atomic E-state index is 0.729. The summed E-state index contributed by atoms with van der Waals surface area (Å²) in [6, 6.07) is 13.9. The molecule has 0 aliphatic rings. The van der Waals surface area contributed by atoms with E-state index in [2.05, 4.69) is 10.1 Å². The monoisotopic (exact) mass is 227 g/mol. The van der Waals surface area contributed by atoms with Gasteiger partial charge >= 0.3 is 0 Å². The van der Waals surface area contributed by atoms with Gasteiger partial charge in [0, 0.05) is 12.3 Å². The first kappa shape index (κ1) is 9.30. The van der Waals surface area contributed by atoms with E-state index in [1.54, 1.807) is 16.8 Å². The summed E-state index contributed by atoms with van der Waals surface area (Å²) in [5, 5.41) is 3.23. The first-order chi connectivity index (χ1) is 7.84. The van der Waals surface area contributed by atoms with Crippen molar-refractivity contribution in [1.29, 1.82) is 0 Å². The highest BCUT2D eigenvalue weighted by Gasteiger charge is 2.02. The SMILES string of the molecule is S=c1ccnc2cc(-c3ccccc3)[nH]n12. The van der Waals surface area contributed by atoms with Crippen LogP contribution < -0.4 is 0 Å². The fourth-order valence-corrected chi connectivity index (χ4v) is 1.88. The Morgan fingerprint density at radius 2 is 1.94 bits per heavy atom. The van der Waals surface area contributed by atoms with Gasteiger partial charge in [0.25, 0.3) is 0 Å². The van der Waals surface area contributed by atoms with Crippen molar-refractivity contribution in [2.45, 2.75) is 0 Å². The van der Waals surface area contributed by atoms with Gasteiger partial charge in [0.05, 0.1) is 5.69 Å². The minimum Gasteiger partial charge on any atom is -0.291 e. The van der Waals surface area contributed by atoms with E-state index in [0.29, 0.717) is 0 Å². The zero-order valence-electron chi connectivity index (χ0n) is 8.42. The number of nitrogens with zero attached hydrogens (tertiary/aromatic N) is 2. The largest absolute Gasteiger partial charge is 0.291 e. The molecule has 0 bridgehead atoms. The fraction of sp³-hybridized carbons (Fsp3) is 0. The van der Waals surface area contributed by atoms with Crippen LogP contribution in [0, 0.1) is 4.64 Å². The van der Waals surface area contributed by atoms with Crippen molar-refractivity contribution in [2.75, 3.05) is 0 Å². The van der Waals surface area contributed by atoms with Crippen LogP contribution in [0.5, 0.6) is 0 Å². The fourth-order valence-electron chi connectivity index (χ4n) is 1.68. The highest BCUT2D eigenvalue weighted by molar-refractivity contribution is 7.71. The lowest BCUT2D eigenvalue weighted by atomic mass is 10.2. The number of H-pyrrole nitrogens is 1.